The van der Waals surface area contributed by atoms with Gasteiger partial charge in [-0.3, -0.25) is 4.98 Å². The van der Waals surface area contributed by atoms with Crippen LogP contribution in [0.4, 0.5) is 0 Å². The van der Waals surface area contributed by atoms with Crippen molar-refractivity contribution < 1.29 is 5.11 Å². The maximum atomic E-state index is 12.2. The molecule has 2 aromatic heterocycles. The summed E-state index contributed by atoms with van der Waals surface area (Å²) in [6, 6.07) is 7.43. The molecule has 7 heteroatoms. The van der Waals surface area contributed by atoms with Gasteiger partial charge in [-0.15, -0.1) is 6.42 Å². The van der Waals surface area contributed by atoms with E-state index in [0.29, 0.717) is 22.3 Å². The fourth-order valence-electron chi connectivity index (χ4n) is 2.32. The first-order chi connectivity index (χ1) is 11.1. The molecule has 6 nitrogen and oxygen atoms in total. The van der Waals surface area contributed by atoms with E-state index in [1.165, 1.54) is 16.3 Å². The van der Waals surface area contributed by atoms with Crippen molar-refractivity contribution in [2.24, 2.45) is 0 Å². The van der Waals surface area contributed by atoms with E-state index in [-0.39, 0.29) is 12.3 Å². The summed E-state index contributed by atoms with van der Waals surface area (Å²) in [5.74, 6) is 2.93. The summed E-state index contributed by atoms with van der Waals surface area (Å²) in [5, 5.41) is 13.9. The Balaban J connectivity index is 2.19. The molecule has 0 unspecified atom stereocenters. The van der Waals surface area contributed by atoms with Crippen molar-refractivity contribution in [3.05, 3.63) is 46.0 Å². The topological polar surface area (TPSA) is 83.3 Å². The van der Waals surface area contributed by atoms with Crippen LogP contribution in [0.15, 0.2) is 34.2 Å². The van der Waals surface area contributed by atoms with Crippen LogP contribution in [0.5, 0.6) is 0 Å². The molecule has 1 aromatic carbocycles. The number of nitrogens with one attached hydrogen (secondary N) is 1. The second-order valence-electron chi connectivity index (χ2n) is 4.89. The van der Waals surface area contributed by atoms with Gasteiger partial charge >= 0.3 is 5.69 Å². The number of nitrogens with zero attached hydrogens (tertiary/aromatic N) is 3. The fraction of sp³-hybridized carbons (Fsp3) is 0.188. The van der Waals surface area contributed by atoms with E-state index in [4.69, 9.17) is 11.5 Å². The Hall–Kier alpha value is -2.56. The molecule has 0 saturated carbocycles. The summed E-state index contributed by atoms with van der Waals surface area (Å²) in [5.41, 5.74) is 3.35. The number of aromatic nitrogens is 4. The monoisotopic (exact) mass is 326 g/mol. The van der Waals surface area contributed by atoms with Gasteiger partial charge in [-0.05, 0) is 18.1 Å². The van der Waals surface area contributed by atoms with Crippen LogP contribution in [-0.4, -0.2) is 30.4 Å². The van der Waals surface area contributed by atoms with Crippen LogP contribution in [0.3, 0.4) is 0 Å². The molecule has 0 aliphatic rings. The van der Waals surface area contributed by atoms with Gasteiger partial charge in [-0.25, -0.2) is 9.78 Å². The number of aliphatic hydroxyl groups excluding tert-OH is 1. The number of thioether (sulfide) groups is 1. The molecule has 0 saturated heterocycles. The fourth-order valence-corrected chi connectivity index (χ4v) is 2.85. The predicted molar refractivity (Wildman–Crippen MR) is 89.3 cm³/mol. The normalized spacial score (nSPS) is 10.8. The molecule has 2 heterocycles. The standard InChI is InChI=1S/C16H14N4O2S/c1-3-8-23-15-17-14-13(10(2)19-20(14)16(22)18-15)12-6-4-11(9-21)5-7-12/h1,4-7,21H,8-9H2,2H3,(H,17,18,22). The van der Waals surface area contributed by atoms with E-state index in [9.17, 15) is 4.79 Å². The highest BCUT2D eigenvalue weighted by molar-refractivity contribution is 7.99. The number of aryl methyl sites for hydroxylation is 1. The van der Waals surface area contributed by atoms with Gasteiger partial charge < -0.3 is 5.11 Å². The van der Waals surface area contributed by atoms with Crippen LogP contribution in [0, 0.1) is 19.3 Å². The van der Waals surface area contributed by atoms with Gasteiger partial charge in [0.15, 0.2) is 10.8 Å². The van der Waals surface area contributed by atoms with Crippen LogP contribution >= 0.6 is 11.8 Å². The molecule has 0 fully saturated rings. The van der Waals surface area contributed by atoms with E-state index < -0.39 is 0 Å². The average Bonchev–Trinajstić information content (AvgIpc) is 2.90. The zero-order chi connectivity index (χ0) is 16.4. The number of rotatable bonds is 4. The van der Waals surface area contributed by atoms with Crippen LogP contribution in [0.25, 0.3) is 16.8 Å². The van der Waals surface area contributed by atoms with E-state index in [1.54, 1.807) is 0 Å². The van der Waals surface area contributed by atoms with Crippen molar-refractivity contribution in [3.63, 3.8) is 0 Å². The second-order valence-corrected chi connectivity index (χ2v) is 5.85. The SMILES string of the molecule is C#CCSc1nc2c(-c3ccc(CO)cc3)c(C)nn2c(=O)[nH]1. The lowest BCUT2D eigenvalue weighted by Crippen LogP contribution is -2.19. The van der Waals surface area contributed by atoms with Gasteiger partial charge in [0, 0.05) is 5.56 Å². The van der Waals surface area contributed by atoms with Crippen LogP contribution < -0.4 is 5.69 Å². The molecule has 3 rings (SSSR count). The molecule has 3 aromatic rings. The maximum absolute atomic E-state index is 12.2. The highest BCUT2D eigenvalue weighted by Gasteiger charge is 2.16. The third-order valence-corrected chi connectivity index (χ3v) is 4.14. The Morgan fingerprint density at radius 3 is 2.78 bits per heavy atom. The first kappa shape index (κ1) is 15.3. The lowest BCUT2D eigenvalue weighted by atomic mass is 10.0. The molecular weight excluding hydrogens is 312 g/mol. The van der Waals surface area contributed by atoms with Crippen molar-refractivity contribution in [1.82, 2.24) is 19.6 Å². The summed E-state index contributed by atoms with van der Waals surface area (Å²) in [4.78, 5) is 19.3. The summed E-state index contributed by atoms with van der Waals surface area (Å²) in [6.07, 6.45) is 5.25. The van der Waals surface area contributed by atoms with Crippen molar-refractivity contribution >= 4 is 17.4 Å². The highest BCUT2D eigenvalue weighted by Crippen LogP contribution is 2.27. The Bertz CT molecular complexity index is 951. The lowest BCUT2D eigenvalue weighted by molar-refractivity contribution is 0.282. The van der Waals surface area contributed by atoms with Crippen LogP contribution in [-0.2, 0) is 6.61 Å². The van der Waals surface area contributed by atoms with Crippen molar-refractivity contribution in [2.45, 2.75) is 18.7 Å². The summed E-state index contributed by atoms with van der Waals surface area (Å²) in [7, 11) is 0. The van der Waals surface area contributed by atoms with E-state index in [1.807, 2.05) is 31.2 Å². The average molecular weight is 326 g/mol. The third-order valence-electron chi connectivity index (χ3n) is 3.37. The first-order valence-electron chi connectivity index (χ1n) is 6.90. The molecule has 0 amide bonds. The number of hydrogen-bond donors (Lipinski definition) is 2. The Kier molecular flexibility index (Phi) is 4.19. The van der Waals surface area contributed by atoms with Crippen LogP contribution in [0.2, 0.25) is 0 Å². The molecule has 0 atom stereocenters. The highest BCUT2D eigenvalue weighted by atomic mass is 32.2. The van der Waals surface area contributed by atoms with Crippen molar-refractivity contribution in [3.8, 4) is 23.5 Å². The first-order valence-corrected chi connectivity index (χ1v) is 7.88. The Morgan fingerprint density at radius 1 is 1.39 bits per heavy atom. The molecular formula is C16H14N4O2S. The number of aromatic amines is 1. The van der Waals surface area contributed by atoms with E-state index >= 15 is 0 Å². The number of benzene rings is 1. The summed E-state index contributed by atoms with van der Waals surface area (Å²) < 4.78 is 1.25. The van der Waals surface area contributed by atoms with Gasteiger partial charge in [0.05, 0.1) is 18.1 Å². The number of hydrogen-bond acceptors (Lipinski definition) is 5. The Labute approximate surface area is 136 Å². The molecule has 0 radical (unpaired) electrons. The largest absolute Gasteiger partial charge is 0.392 e. The zero-order valence-electron chi connectivity index (χ0n) is 12.4. The van der Waals surface area contributed by atoms with Gasteiger partial charge in [-0.2, -0.15) is 9.61 Å². The molecule has 0 aliphatic heterocycles. The Morgan fingerprint density at radius 2 is 2.13 bits per heavy atom. The van der Waals surface area contributed by atoms with Gasteiger partial charge in [0.1, 0.15) is 0 Å². The number of fused-ring (bicyclic) bond motifs is 1. The lowest BCUT2D eigenvalue weighted by Gasteiger charge is -2.03. The molecule has 0 spiro atoms. The maximum Gasteiger partial charge on any atom is 0.350 e. The third kappa shape index (κ3) is 2.86. The quantitative estimate of drug-likeness (QED) is 0.562. The minimum atomic E-state index is -0.351. The molecule has 2 N–H and O–H groups in total. The van der Waals surface area contributed by atoms with Gasteiger partial charge in [0.25, 0.3) is 0 Å². The molecule has 0 aliphatic carbocycles. The molecule has 23 heavy (non-hydrogen) atoms. The van der Waals surface area contributed by atoms with Gasteiger partial charge in [-0.1, -0.05) is 41.9 Å². The van der Waals surface area contributed by atoms with Gasteiger partial charge in [0.2, 0.25) is 0 Å². The smallest absolute Gasteiger partial charge is 0.350 e. The number of aliphatic hydroxyl groups is 1. The van der Waals surface area contributed by atoms with E-state index in [0.717, 1.165) is 16.7 Å². The van der Waals surface area contributed by atoms with Crippen molar-refractivity contribution in [2.75, 3.05) is 5.75 Å². The molecule has 116 valence electrons. The second kappa shape index (κ2) is 6.28. The minimum absolute atomic E-state index is 0.0151. The number of terminal acetylenes is 1. The molecule has 0 bridgehead atoms. The summed E-state index contributed by atoms with van der Waals surface area (Å²) >= 11 is 1.29. The predicted octanol–water partition coefficient (Wildman–Crippen LogP) is 1.61. The number of H-pyrrole nitrogens is 1. The zero-order valence-corrected chi connectivity index (χ0v) is 13.2. The summed E-state index contributed by atoms with van der Waals surface area (Å²) in [6.45, 7) is 1.82. The van der Waals surface area contributed by atoms with E-state index in [2.05, 4.69) is 21.0 Å². The minimum Gasteiger partial charge on any atom is -0.392 e. The van der Waals surface area contributed by atoms with Crippen molar-refractivity contribution in [1.29, 1.82) is 0 Å². The van der Waals surface area contributed by atoms with Crippen LogP contribution in [0.1, 0.15) is 11.3 Å².